The lowest BCUT2D eigenvalue weighted by atomic mass is 10.0. The first-order chi connectivity index (χ1) is 11.9. The molecule has 1 atom stereocenters. The van der Waals surface area contributed by atoms with Crippen molar-refractivity contribution in [3.63, 3.8) is 0 Å². The van der Waals surface area contributed by atoms with Gasteiger partial charge in [-0.25, -0.2) is 9.97 Å². The van der Waals surface area contributed by atoms with Crippen molar-refractivity contribution in [1.82, 2.24) is 19.9 Å². The molecule has 4 rings (SSSR count). The van der Waals surface area contributed by atoms with E-state index in [1.54, 1.807) is 12.5 Å². The van der Waals surface area contributed by atoms with E-state index in [2.05, 4.69) is 39.6 Å². The van der Waals surface area contributed by atoms with Crippen LogP contribution < -0.4 is 10.1 Å². The molecule has 0 aliphatic carbocycles. The Bertz CT molecular complexity index is 801. The second-order valence-electron chi connectivity index (χ2n) is 5.92. The Morgan fingerprint density at radius 2 is 2.12 bits per heavy atom. The van der Waals surface area contributed by atoms with Crippen molar-refractivity contribution in [2.24, 2.45) is 0 Å². The van der Waals surface area contributed by atoms with E-state index in [9.17, 15) is 0 Å². The number of nitrogens with zero attached hydrogens (tertiary/aromatic N) is 3. The second kappa shape index (κ2) is 6.84. The number of rotatable bonds is 4. The van der Waals surface area contributed by atoms with Crippen molar-refractivity contribution in [3.8, 4) is 11.6 Å². The Balaban J connectivity index is 1.56. The topological polar surface area (TPSA) is 52.0 Å². The summed E-state index contributed by atoms with van der Waals surface area (Å²) in [6.07, 6.45) is 9.39. The van der Waals surface area contributed by atoms with E-state index in [0.717, 1.165) is 43.1 Å². The normalized spacial score (nSPS) is 16.9. The summed E-state index contributed by atoms with van der Waals surface area (Å²) in [7, 11) is 0. The van der Waals surface area contributed by atoms with Crippen molar-refractivity contribution < 1.29 is 4.74 Å². The standard InChI is InChI=1S/C19H20N4O/c1-2-8-18-16(6-1)17(7-4-12-24-18)22-13-15-5-3-9-21-19(15)23-11-10-20-14-23/h1-3,5-6,8-11,14,17,22H,4,7,12-13H2. The van der Waals surface area contributed by atoms with Gasteiger partial charge in [0.2, 0.25) is 0 Å². The van der Waals surface area contributed by atoms with Gasteiger partial charge in [-0.15, -0.1) is 0 Å². The highest BCUT2D eigenvalue weighted by molar-refractivity contribution is 5.37. The highest BCUT2D eigenvalue weighted by Crippen LogP contribution is 2.31. The number of aromatic nitrogens is 3. The quantitative estimate of drug-likeness (QED) is 0.801. The molecular formula is C19H20N4O. The van der Waals surface area contributed by atoms with E-state index in [0.29, 0.717) is 6.04 Å². The van der Waals surface area contributed by atoms with Gasteiger partial charge in [-0.3, -0.25) is 4.57 Å². The molecule has 0 radical (unpaired) electrons. The minimum absolute atomic E-state index is 0.291. The first-order valence-corrected chi connectivity index (χ1v) is 8.29. The van der Waals surface area contributed by atoms with E-state index < -0.39 is 0 Å². The largest absolute Gasteiger partial charge is 0.493 e. The third kappa shape index (κ3) is 3.03. The number of imidazole rings is 1. The zero-order chi connectivity index (χ0) is 16.2. The van der Waals surface area contributed by atoms with Crippen molar-refractivity contribution in [2.45, 2.75) is 25.4 Å². The molecule has 1 N–H and O–H groups in total. The van der Waals surface area contributed by atoms with Crippen LogP contribution in [0, 0.1) is 0 Å². The molecule has 1 aliphatic heterocycles. The number of hydrogen-bond acceptors (Lipinski definition) is 4. The molecule has 3 heterocycles. The van der Waals surface area contributed by atoms with Gasteiger partial charge in [-0.1, -0.05) is 24.3 Å². The molecule has 0 bridgehead atoms. The fraction of sp³-hybridized carbons (Fsp3) is 0.263. The van der Waals surface area contributed by atoms with Gasteiger partial charge in [-0.05, 0) is 25.0 Å². The molecule has 2 aromatic heterocycles. The number of benzene rings is 1. The van der Waals surface area contributed by atoms with Gasteiger partial charge in [0.25, 0.3) is 0 Å². The van der Waals surface area contributed by atoms with Crippen LogP contribution in [-0.2, 0) is 6.54 Å². The zero-order valence-electron chi connectivity index (χ0n) is 13.4. The summed E-state index contributed by atoms with van der Waals surface area (Å²) in [5.41, 5.74) is 2.39. The highest BCUT2D eigenvalue weighted by Gasteiger charge is 2.19. The molecule has 5 nitrogen and oxygen atoms in total. The van der Waals surface area contributed by atoms with Crippen LogP contribution in [0.1, 0.15) is 30.0 Å². The SMILES string of the molecule is c1cnc(-n2ccnc2)c(CNC2CCCOc3ccccc32)c1. The smallest absolute Gasteiger partial charge is 0.142 e. The van der Waals surface area contributed by atoms with Crippen LogP contribution in [0.25, 0.3) is 5.82 Å². The minimum atomic E-state index is 0.291. The van der Waals surface area contributed by atoms with Gasteiger partial charge in [-0.2, -0.15) is 0 Å². The Labute approximate surface area is 141 Å². The van der Waals surface area contributed by atoms with E-state index in [-0.39, 0.29) is 0 Å². The number of ether oxygens (including phenoxy) is 1. The lowest BCUT2D eigenvalue weighted by Crippen LogP contribution is -2.21. The molecule has 0 spiro atoms. The number of hydrogen-bond donors (Lipinski definition) is 1. The van der Waals surface area contributed by atoms with Crippen molar-refractivity contribution in [2.75, 3.05) is 6.61 Å². The summed E-state index contributed by atoms with van der Waals surface area (Å²) in [4.78, 5) is 8.62. The predicted octanol–water partition coefficient (Wildman–Crippen LogP) is 3.27. The van der Waals surface area contributed by atoms with Gasteiger partial charge in [0.1, 0.15) is 17.9 Å². The molecule has 1 aliphatic rings. The Morgan fingerprint density at radius 3 is 3.04 bits per heavy atom. The van der Waals surface area contributed by atoms with Crippen LogP contribution in [0.2, 0.25) is 0 Å². The molecule has 122 valence electrons. The monoisotopic (exact) mass is 320 g/mol. The van der Waals surface area contributed by atoms with Gasteiger partial charge >= 0.3 is 0 Å². The average Bonchev–Trinajstić information content (AvgIpc) is 3.08. The van der Waals surface area contributed by atoms with Crippen LogP contribution in [0.3, 0.4) is 0 Å². The maximum absolute atomic E-state index is 5.85. The van der Waals surface area contributed by atoms with Crippen molar-refractivity contribution in [1.29, 1.82) is 0 Å². The number of para-hydroxylation sites is 1. The number of fused-ring (bicyclic) bond motifs is 1. The summed E-state index contributed by atoms with van der Waals surface area (Å²) in [5, 5.41) is 3.68. The number of pyridine rings is 1. The second-order valence-corrected chi connectivity index (χ2v) is 5.92. The van der Waals surface area contributed by atoms with Crippen LogP contribution in [0.15, 0.2) is 61.3 Å². The van der Waals surface area contributed by atoms with Crippen LogP contribution >= 0.6 is 0 Å². The maximum atomic E-state index is 5.85. The molecule has 5 heteroatoms. The lowest BCUT2D eigenvalue weighted by molar-refractivity contribution is 0.315. The zero-order valence-corrected chi connectivity index (χ0v) is 13.4. The molecule has 0 saturated heterocycles. The Hall–Kier alpha value is -2.66. The molecular weight excluding hydrogens is 300 g/mol. The molecule has 24 heavy (non-hydrogen) atoms. The lowest BCUT2D eigenvalue weighted by Gasteiger charge is -2.19. The van der Waals surface area contributed by atoms with Gasteiger partial charge in [0, 0.05) is 42.3 Å². The predicted molar refractivity (Wildman–Crippen MR) is 92.1 cm³/mol. The molecule has 0 amide bonds. The molecule has 1 aromatic carbocycles. The molecule has 0 fully saturated rings. The fourth-order valence-electron chi connectivity index (χ4n) is 3.16. The first kappa shape index (κ1) is 14.9. The molecule has 0 saturated carbocycles. The fourth-order valence-corrected chi connectivity index (χ4v) is 3.16. The summed E-state index contributed by atoms with van der Waals surface area (Å²) in [5.74, 6) is 1.91. The van der Waals surface area contributed by atoms with E-state index in [4.69, 9.17) is 4.74 Å². The summed E-state index contributed by atoms with van der Waals surface area (Å²) in [6.45, 7) is 1.53. The summed E-state index contributed by atoms with van der Waals surface area (Å²) in [6, 6.07) is 12.7. The van der Waals surface area contributed by atoms with E-state index in [1.807, 2.05) is 29.1 Å². The Morgan fingerprint density at radius 1 is 1.17 bits per heavy atom. The van der Waals surface area contributed by atoms with Crippen molar-refractivity contribution in [3.05, 3.63) is 72.4 Å². The van der Waals surface area contributed by atoms with Crippen LogP contribution in [0.4, 0.5) is 0 Å². The third-order valence-electron chi connectivity index (χ3n) is 4.34. The van der Waals surface area contributed by atoms with Crippen LogP contribution in [-0.4, -0.2) is 21.1 Å². The number of nitrogens with one attached hydrogen (secondary N) is 1. The van der Waals surface area contributed by atoms with Gasteiger partial charge in [0.15, 0.2) is 0 Å². The van der Waals surface area contributed by atoms with E-state index in [1.165, 1.54) is 5.56 Å². The third-order valence-corrected chi connectivity index (χ3v) is 4.34. The molecule has 3 aromatic rings. The summed E-state index contributed by atoms with van der Waals surface area (Å²) >= 11 is 0. The summed E-state index contributed by atoms with van der Waals surface area (Å²) < 4.78 is 7.79. The van der Waals surface area contributed by atoms with Gasteiger partial charge < -0.3 is 10.1 Å². The van der Waals surface area contributed by atoms with E-state index >= 15 is 0 Å². The highest BCUT2D eigenvalue weighted by atomic mass is 16.5. The van der Waals surface area contributed by atoms with Crippen LogP contribution in [0.5, 0.6) is 5.75 Å². The van der Waals surface area contributed by atoms with Gasteiger partial charge in [0.05, 0.1) is 6.61 Å². The maximum Gasteiger partial charge on any atom is 0.142 e. The van der Waals surface area contributed by atoms with Crippen molar-refractivity contribution >= 4 is 0 Å². The minimum Gasteiger partial charge on any atom is -0.493 e. The Kier molecular flexibility index (Phi) is 4.25. The molecule has 1 unspecified atom stereocenters. The average molecular weight is 320 g/mol. The first-order valence-electron chi connectivity index (χ1n) is 8.29.